The Morgan fingerprint density at radius 1 is 1.00 bits per heavy atom. The van der Waals surface area contributed by atoms with E-state index in [9.17, 15) is 19.5 Å². The number of hydrogen-bond acceptors (Lipinski definition) is 6. The minimum Gasteiger partial charge on any atom is -0.460 e. The molecule has 0 radical (unpaired) electrons. The van der Waals surface area contributed by atoms with Crippen molar-refractivity contribution in [2.24, 2.45) is 17.8 Å². The summed E-state index contributed by atoms with van der Waals surface area (Å²) in [5, 5.41) is 11.1. The van der Waals surface area contributed by atoms with Crippen molar-refractivity contribution in [3.63, 3.8) is 0 Å². The van der Waals surface area contributed by atoms with Crippen LogP contribution in [0.15, 0.2) is 36.4 Å². The molecule has 0 saturated heterocycles. The van der Waals surface area contributed by atoms with Gasteiger partial charge in [-0.1, -0.05) is 42.5 Å². The first-order valence-electron chi connectivity index (χ1n) is 10.5. The second kappa shape index (κ2) is 8.95. The Bertz CT molecular complexity index is 839. The molecule has 2 rings (SSSR count). The van der Waals surface area contributed by atoms with Gasteiger partial charge in [0.1, 0.15) is 17.1 Å². The van der Waals surface area contributed by atoms with E-state index in [0.717, 1.165) is 5.56 Å². The average Bonchev–Trinajstić information content (AvgIpc) is 2.56. The number of esters is 2. The van der Waals surface area contributed by atoms with Crippen LogP contribution in [0.1, 0.15) is 60.5 Å². The first-order chi connectivity index (χ1) is 14.1. The quantitative estimate of drug-likeness (QED) is 0.575. The maximum atomic E-state index is 13.1. The summed E-state index contributed by atoms with van der Waals surface area (Å²) < 4.78 is 11.1. The second-order valence-electron chi connectivity index (χ2n) is 10.4. The molecular formula is C25H34O6. The molecule has 0 bridgehead atoms. The SMILES string of the molecule is CC(C)(C)OC(=O)[C@@H]1C(=O)C[C@@](C)(O)[C@@H](C(=O)OC(C)(C)C)[C@H]1/C=C/c1ccccc1. The molecule has 0 unspecified atom stereocenters. The van der Waals surface area contributed by atoms with Gasteiger partial charge in [0, 0.05) is 12.3 Å². The lowest BCUT2D eigenvalue weighted by atomic mass is 9.63. The van der Waals surface area contributed by atoms with Gasteiger partial charge in [0.25, 0.3) is 0 Å². The van der Waals surface area contributed by atoms with Gasteiger partial charge in [0.15, 0.2) is 5.78 Å². The van der Waals surface area contributed by atoms with Crippen molar-refractivity contribution in [2.75, 3.05) is 0 Å². The highest BCUT2D eigenvalue weighted by molar-refractivity contribution is 6.02. The van der Waals surface area contributed by atoms with Crippen LogP contribution in [0.25, 0.3) is 6.08 Å². The molecule has 1 aliphatic carbocycles. The molecule has 1 aromatic rings. The summed E-state index contributed by atoms with van der Waals surface area (Å²) in [4.78, 5) is 39.1. The van der Waals surface area contributed by atoms with Gasteiger partial charge in [-0.05, 0) is 54.0 Å². The molecule has 0 aliphatic heterocycles. The molecule has 0 spiro atoms. The molecule has 1 fully saturated rings. The van der Waals surface area contributed by atoms with E-state index >= 15 is 0 Å². The molecular weight excluding hydrogens is 396 g/mol. The zero-order chi connectivity index (χ0) is 23.6. The van der Waals surface area contributed by atoms with E-state index in [4.69, 9.17) is 9.47 Å². The molecule has 31 heavy (non-hydrogen) atoms. The number of carbonyl (C=O) groups excluding carboxylic acids is 3. The van der Waals surface area contributed by atoms with E-state index in [1.165, 1.54) is 6.92 Å². The number of ketones is 1. The van der Waals surface area contributed by atoms with Crippen LogP contribution in [-0.4, -0.2) is 39.6 Å². The highest BCUT2D eigenvalue weighted by Crippen LogP contribution is 2.43. The molecule has 6 nitrogen and oxygen atoms in total. The fraction of sp³-hybridized carbons (Fsp3) is 0.560. The highest BCUT2D eigenvalue weighted by Gasteiger charge is 2.56. The number of hydrogen-bond donors (Lipinski definition) is 1. The zero-order valence-corrected chi connectivity index (χ0v) is 19.5. The zero-order valence-electron chi connectivity index (χ0n) is 19.5. The Hall–Kier alpha value is -2.47. The van der Waals surface area contributed by atoms with Crippen molar-refractivity contribution < 1.29 is 29.0 Å². The van der Waals surface area contributed by atoms with Gasteiger partial charge in [-0.25, -0.2) is 0 Å². The maximum Gasteiger partial charge on any atom is 0.317 e. The Balaban J connectivity index is 2.54. The van der Waals surface area contributed by atoms with Crippen molar-refractivity contribution in [1.82, 2.24) is 0 Å². The summed E-state index contributed by atoms with van der Waals surface area (Å²) in [7, 11) is 0. The molecule has 0 aromatic heterocycles. The summed E-state index contributed by atoms with van der Waals surface area (Å²) >= 11 is 0. The minimum absolute atomic E-state index is 0.337. The van der Waals surface area contributed by atoms with Crippen molar-refractivity contribution in [3.05, 3.63) is 42.0 Å². The van der Waals surface area contributed by atoms with Gasteiger partial charge < -0.3 is 14.6 Å². The number of ether oxygens (including phenoxy) is 2. The van der Waals surface area contributed by atoms with E-state index in [2.05, 4.69) is 0 Å². The van der Waals surface area contributed by atoms with Gasteiger partial charge in [-0.15, -0.1) is 0 Å². The van der Waals surface area contributed by atoms with Crippen LogP contribution in [-0.2, 0) is 23.9 Å². The molecule has 0 heterocycles. The van der Waals surface area contributed by atoms with Crippen molar-refractivity contribution in [2.45, 2.75) is 71.7 Å². The predicted octanol–water partition coefficient (Wildman–Crippen LogP) is 3.96. The summed E-state index contributed by atoms with van der Waals surface area (Å²) in [6.07, 6.45) is 3.05. The first kappa shape index (κ1) is 24.8. The second-order valence-corrected chi connectivity index (χ2v) is 10.4. The Morgan fingerprint density at radius 3 is 2.03 bits per heavy atom. The fourth-order valence-corrected chi connectivity index (χ4v) is 3.83. The van der Waals surface area contributed by atoms with E-state index in [-0.39, 0.29) is 6.42 Å². The Kier molecular flexibility index (Phi) is 7.16. The van der Waals surface area contributed by atoms with Crippen LogP contribution in [0, 0.1) is 17.8 Å². The lowest BCUT2D eigenvalue weighted by Crippen LogP contribution is -2.57. The van der Waals surface area contributed by atoms with Crippen molar-refractivity contribution in [3.8, 4) is 0 Å². The third kappa shape index (κ3) is 6.76. The van der Waals surface area contributed by atoms with Crippen LogP contribution in [0.5, 0.6) is 0 Å². The van der Waals surface area contributed by atoms with E-state index in [0.29, 0.717) is 0 Å². The van der Waals surface area contributed by atoms with Gasteiger partial charge in [0.05, 0.1) is 11.5 Å². The summed E-state index contributed by atoms with van der Waals surface area (Å²) in [5.41, 5.74) is -2.41. The fourth-order valence-electron chi connectivity index (χ4n) is 3.83. The molecule has 1 aromatic carbocycles. The van der Waals surface area contributed by atoms with Gasteiger partial charge in [-0.2, -0.15) is 0 Å². The molecule has 4 atom stereocenters. The van der Waals surface area contributed by atoms with E-state index < -0.39 is 52.3 Å². The third-order valence-electron chi connectivity index (χ3n) is 4.95. The van der Waals surface area contributed by atoms with Crippen molar-refractivity contribution in [1.29, 1.82) is 0 Å². The number of allylic oxidation sites excluding steroid dienone is 1. The smallest absolute Gasteiger partial charge is 0.317 e. The Labute approximate surface area is 184 Å². The third-order valence-corrected chi connectivity index (χ3v) is 4.95. The highest BCUT2D eigenvalue weighted by atomic mass is 16.6. The van der Waals surface area contributed by atoms with Crippen LogP contribution >= 0.6 is 0 Å². The monoisotopic (exact) mass is 430 g/mol. The number of Topliss-reactive ketones (excluding diaryl/α,β-unsaturated/α-hetero) is 1. The number of aliphatic hydroxyl groups is 1. The van der Waals surface area contributed by atoms with Crippen LogP contribution in [0.3, 0.4) is 0 Å². The topological polar surface area (TPSA) is 89.9 Å². The van der Waals surface area contributed by atoms with E-state index in [1.54, 1.807) is 53.7 Å². The molecule has 170 valence electrons. The standard InChI is InChI=1S/C25H34O6/c1-23(2,3)30-21(27)19-17(14-13-16-11-9-8-10-12-16)20(22(28)31-24(4,5)6)25(7,29)15-18(19)26/h8-14,17,19-20,29H,15H2,1-7H3/b14-13+/t17-,19-,20+,25+/m0/s1. The van der Waals surface area contributed by atoms with Crippen LogP contribution < -0.4 is 0 Å². The lowest BCUT2D eigenvalue weighted by Gasteiger charge is -2.43. The normalized spacial score (nSPS) is 27.2. The summed E-state index contributed by atoms with van der Waals surface area (Å²) in [6, 6.07) is 9.32. The van der Waals surface area contributed by atoms with Crippen LogP contribution in [0.2, 0.25) is 0 Å². The predicted molar refractivity (Wildman–Crippen MR) is 118 cm³/mol. The number of rotatable bonds is 4. The maximum absolute atomic E-state index is 13.1. The Morgan fingerprint density at radius 2 is 1.52 bits per heavy atom. The lowest BCUT2D eigenvalue weighted by molar-refractivity contribution is -0.184. The molecule has 1 N–H and O–H groups in total. The van der Waals surface area contributed by atoms with Crippen LogP contribution in [0.4, 0.5) is 0 Å². The molecule has 6 heteroatoms. The van der Waals surface area contributed by atoms with Gasteiger partial charge in [-0.3, -0.25) is 14.4 Å². The molecule has 1 aliphatic rings. The molecule has 1 saturated carbocycles. The van der Waals surface area contributed by atoms with Crippen molar-refractivity contribution >= 4 is 23.8 Å². The molecule has 0 amide bonds. The number of benzene rings is 1. The van der Waals surface area contributed by atoms with E-state index in [1.807, 2.05) is 30.3 Å². The summed E-state index contributed by atoms with van der Waals surface area (Å²) in [5.74, 6) is -5.05. The van der Waals surface area contributed by atoms with Gasteiger partial charge in [0.2, 0.25) is 0 Å². The van der Waals surface area contributed by atoms with Gasteiger partial charge >= 0.3 is 11.9 Å². The first-order valence-corrected chi connectivity index (χ1v) is 10.5. The number of carbonyl (C=O) groups is 3. The minimum atomic E-state index is -1.66. The largest absolute Gasteiger partial charge is 0.460 e. The summed E-state index contributed by atoms with van der Waals surface area (Å²) in [6.45, 7) is 11.8. The average molecular weight is 431 g/mol.